The minimum atomic E-state index is -0.00940. The SMILES string of the molecule is CSc1ncc(C#N)c(N2CCCC(N(C)C(=O)N(C)C)C2)n1. The van der Waals surface area contributed by atoms with E-state index in [0.29, 0.717) is 23.1 Å². The first kappa shape index (κ1) is 17.3. The van der Waals surface area contributed by atoms with Crippen molar-refractivity contribution in [1.29, 1.82) is 5.26 Å². The molecule has 2 amide bonds. The van der Waals surface area contributed by atoms with Crippen molar-refractivity contribution in [2.24, 2.45) is 0 Å². The number of hydrogen-bond acceptors (Lipinski definition) is 6. The third-order valence-electron chi connectivity index (χ3n) is 3.98. The average Bonchev–Trinajstić information content (AvgIpc) is 2.59. The first-order valence-corrected chi connectivity index (χ1v) is 8.70. The van der Waals surface area contributed by atoms with Gasteiger partial charge < -0.3 is 14.7 Å². The molecule has 2 heterocycles. The van der Waals surface area contributed by atoms with E-state index >= 15 is 0 Å². The van der Waals surface area contributed by atoms with E-state index in [1.807, 2.05) is 13.3 Å². The highest BCUT2D eigenvalue weighted by Crippen LogP contribution is 2.25. The summed E-state index contributed by atoms with van der Waals surface area (Å²) >= 11 is 1.45. The predicted octanol–water partition coefficient (Wildman–Crippen LogP) is 1.65. The molecule has 7 nitrogen and oxygen atoms in total. The predicted molar refractivity (Wildman–Crippen MR) is 90.6 cm³/mol. The molecule has 1 aromatic heterocycles. The molecule has 0 N–H and O–H groups in total. The Bertz CT molecular complexity index is 614. The van der Waals surface area contributed by atoms with Crippen LogP contribution in [0.2, 0.25) is 0 Å². The number of piperidine rings is 1. The summed E-state index contributed by atoms with van der Waals surface area (Å²) in [4.78, 5) is 26.3. The van der Waals surface area contributed by atoms with E-state index in [4.69, 9.17) is 0 Å². The highest BCUT2D eigenvalue weighted by Gasteiger charge is 2.28. The molecule has 1 atom stereocenters. The Morgan fingerprint density at radius 3 is 2.83 bits per heavy atom. The summed E-state index contributed by atoms with van der Waals surface area (Å²) in [7, 11) is 5.33. The molecule has 0 saturated carbocycles. The van der Waals surface area contributed by atoms with Gasteiger partial charge in [-0.3, -0.25) is 0 Å². The molecule has 8 heteroatoms. The van der Waals surface area contributed by atoms with Gasteiger partial charge in [0.15, 0.2) is 11.0 Å². The lowest BCUT2D eigenvalue weighted by molar-refractivity contribution is 0.157. The minimum Gasteiger partial charge on any atom is -0.353 e. The van der Waals surface area contributed by atoms with Crippen molar-refractivity contribution < 1.29 is 4.79 Å². The van der Waals surface area contributed by atoms with Crippen LogP contribution in [0.3, 0.4) is 0 Å². The zero-order chi connectivity index (χ0) is 17.0. The Kier molecular flexibility index (Phi) is 5.66. The first-order valence-electron chi connectivity index (χ1n) is 7.48. The molecule has 124 valence electrons. The lowest BCUT2D eigenvalue weighted by atomic mass is 10.0. The largest absolute Gasteiger partial charge is 0.353 e. The zero-order valence-electron chi connectivity index (χ0n) is 14.0. The molecule has 1 aromatic rings. The van der Waals surface area contributed by atoms with E-state index in [1.165, 1.54) is 11.8 Å². The van der Waals surface area contributed by atoms with Crippen LogP contribution >= 0.6 is 11.8 Å². The van der Waals surface area contributed by atoms with E-state index in [1.54, 1.807) is 30.1 Å². The van der Waals surface area contributed by atoms with Crippen LogP contribution in [-0.2, 0) is 0 Å². The van der Waals surface area contributed by atoms with Crippen LogP contribution in [0.4, 0.5) is 10.6 Å². The Balaban J connectivity index is 2.21. The molecule has 1 fully saturated rings. The summed E-state index contributed by atoms with van der Waals surface area (Å²) in [5, 5.41) is 9.97. The number of aromatic nitrogens is 2. The molecular formula is C15H22N6OS. The third kappa shape index (κ3) is 3.85. The van der Waals surface area contributed by atoms with Crippen LogP contribution in [0.25, 0.3) is 0 Å². The van der Waals surface area contributed by atoms with Gasteiger partial charge in [0.2, 0.25) is 0 Å². The number of thioether (sulfide) groups is 1. The molecular weight excluding hydrogens is 312 g/mol. The van der Waals surface area contributed by atoms with Gasteiger partial charge in [-0.05, 0) is 19.1 Å². The maximum Gasteiger partial charge on any atom is 0.319 e. The average molecular weight is 334 g/mol. The molecule has 0 aromatic carbocycles. The third-order valence-corrected chi connectivity index (χ3v) is 4.54. The van der Waals surface area contributed by atoms with Gasteiger partial charge in [0.05, 0.1) is 12.2 Å². The number of carbonyl (C=O) groups excluding carboxylic acids is 1. The van der Waals surface area contributed by atoms with Crippen LogP contribution in [-0.4, -0.2) is 72.3 Å². The number of carbonyl (C=O) groups is 1. The molecule has 2 rings (SSSR count). The van der Waals surface area contributed by atoms with Gasteiger partial charge in [-0.1, -0.05) is 11.8 Å². The molecule has 0 spiro atoms. The normalized spacial score (nSPS) is 17.5. The molecule has 1 unspecified atom stereocenters. The Morgan fingerprint density at radius 1 is 1.48 bits per heavy atom. The molecule has 1 aliphatic rings. The summed E-state index contributed by atoms with van der Waals surface area (Å²) in [6, 6.07) is 2.26. The van der Waals surface area contributed by atoms with E-state index < -0.39 is 0 Å². The number of urea groups is 1. The first-order chi connectivity index (χ1) is 11.0. The van der Waals surface area contributed by atoms with Gasteiger partial charge in [-0.25, -0.2) is 14.8 Å². The highest BCUT2D eigenvalue weighted by atomic mass is 32.2. The molecule has 23 heavy (non-hydrogen) atoms. The fraction of sp³-hybridized carbons (Fsp3) is 0.600. The topological polar surface area (TPSA) is 76.4 Å². The van der Waals surface area contributed by atoms with Crippen molar-refractivity contribution in [2.45, 2.75) is 24.0 Å². The van der Waals surface area contributed by atoms with Gasteiger partial charge in [-0.15, -0.1) is 0 Å². The van der Waals surface area contributed by atoms with Crippen LogP contribution in [0.5, 0.6) is 0 Å². The number of likely N-dealkylation sites (N-methyl/N-ethyl adjacent to an activating group) is 1. The number of nitrogens with zero attached hydrogens (tertiary/aromatic N) is 6. The second-order valence-corrected chi connectivity index (χ2v) is 6.51. The van der Waals surface area contributed by atoms with Gasteiger partial charge in [0.25, 0.3) is 0 Å². The quantitative estimate of drug-likeness (QED) is 0.618. The smallest absolute Gasteiger partial charge is 0.319 e. The maximum absolute atomic E-state index is 12.2. The fourth-order valence-corrected chi connectivity index (χ4v) is 3.05. The van der Waals surface area contributed by atoms with Gasteiger partial charge in [-0.2, -0.15) is 5.26 Å². The number of anilines is 1. The monoisotopic (exact) mass is 334 g/mol. The van der Waals surface area contributed by atoms with Crippen LogP contribution < -0.4 is 4.90 Å². The Labute approximate surface area is 141 Å². The van der Waals surface area contributed by atoms with E-state index in [-0.39, 0.29) is 12.1 Å². The molecule has 0 radical (unpaired) electrons. The van der Waals surface area contributed by atoms with E-state index in [9.17, 15) is 10.1 Å². The van der Waals surface area contributed by atoms with E-state index in [0.717, 1.165) is 19.4 Å². The minimum absolute atomic E-state index is 0.00940. The number of rotatable bonds is 3. The lowest BCUT2D eigenvalue weighted by Gasteiger charge is -2.39. The molecule has 1 aliphatic heterocycles. The summed E-state index contributed by atoms with van der Waals surface area (Å²) < 4.78 is 0. The van der Waals surface area contributed by atoms with Crippen LogP contribution in [0.15, 0.2) is 11.4 Å². The van der Waals surface area contributed by atoms with Crippen molar-refractivity contribution in [3.05, 3.63) is 11.8 Å². The van der Waals surface area contributed by atoms with Crippen LogP contribution in [0, 0.1) is 11.3 Å². The summed E-state index contributed by atoms with van der Waals surface area (Å²) in [6.45, 7) is 1.51. The molecule has 0 bridgehead atoms. The number of amides is 2. The molecule has 0 aliphatic carbocycles. The van der Waals surface area contributed by atoms with Crippen molar-refractivity contribution in [1.82, 2.24) is 19.8 Å². The van der Waals surface area contributed by atoms with Crippen molar-refractivity contribution in [3.8, 4) is 6.07 Å². The fourth-order valence-electron chi connectivity index (χ4n) is 2.71. The summed E-state index contributed by atoms with van der Waals surface area (Å²) in [5.41, 5.74) is 0.477. The van der Waals surface area contributed by atoms with Gasteiger partial charge >= 0.3 is 6.03 Å². The van der Waals surface area contributed by atoms with Crippen LogP contribution in [0.1, 0.15) is 18.4 Å². The summed E-state index contributed by atoms with van der Waals surface area (Å²) in [6.07, 6.45) is 5.40. The standard InChI is InChI=1S/C15H22N6OS/c1-19(2)15(22)20(3)12-6-5-7-21(10-12)13-11(8-16)9-17-14(18-13)23-4/h9,12H,5-7,10H2,1-4H3. The van der Waals surface area contributed by atoms with E-state index in [2.05, 4.69) is 20.9 Å². The van der Waals surface area contributed by atoms with Gasteiger partial charge in [0.1, 0.15) is 11.6 Å². The van der Waals surface area contributed by atoms with Gasteiger partial charge in [0, 0.05) is 34.2 Å². The second kappa shape index (κ2) is 7.51. The maximum atomic E-state index is 12.2. The van der Waals surface area contributed by atoms with Crippen molar-refractivity contribution in [3.63, 3.8) is 0 Å². The van der Waals surface area contributed by atoms with Crippen molar-refractivity contribution >= 4 is 23.6 Å². The number of nitriles is 1. The lowest BCUT2D eigenvalue weighted by Crippen LogP contribution is -2.51. The highest BCUT2D eigenvalue weighted by molar-refractivity contribution is 7.98. The zero-order valence-corrected chi connectivity index (χ0v) is 14.8. The Hall–Kier alpha value is -2.01. The second-order valence-electron chi connectivity index (χ2n) is 5.74. The number of hydrogen-bond donors (Lipinski definition) is 0. The Morgan fingerprint density at radius 2 is 2.22 bits per heavy atom. The van der Waals surface area contributed by atoms with Crippen molar-refractivity contribution in [2.75, 3.05) is 45.4 Å². The summed E-state index contributed by atoms with van der Waals surface area (Å²) in [5.74, 6) is 0.669. The molecule has 1 saturated heterocycles.